The van der Waals surface area contributed by atoms with Crippen LogP contribution in [0.15, 0.2) is 91.0 Å². The number of benzene rings is 3. The standard InChI is InChI=1S/C23H22N2O3/c1-18-22(17-24(26)27)23(19-11-5-2-6-12-19,20-13-7-3-8-14-20)25(28-18)21-15-9-4-10-16-21/h2-16,18,22H,17H2,1H3. The van der Waals surface area contributed by atoms with Gasteiger partial charge >= 0.3 is 0 Å². The Balaban J connectivity index is 2.02. The number of hydrogen-bond acceptors (Lipinski definition) is 4. The molecule has 0 aliphatic carbocycles. The van der Waals surface area contributed by atoms with Gasteiger partial charge in [-0.3, -0.25) is 15.0 Å². The first kappa shape index (κ1) is 18.2. The molecule has 2 atom stereocenters. The van der Waals surface area contributed by atoms with Crippen LogP contribution in [-0.2, 0) is 10.4 Å². The number of rotatable bonds is 5. The van der Waals surface area contributed by atoms with E-state index in [2.05, 4.69) is 0 Å². The van der Waals surface area contributed by atoms with Crippen LogP contribution in [-0.4, -0.2) is 17.6 Å². The molecule has 0 aromatic heterocycles. The normalized spacial score (nSPS) is 20.8. The van der Waals surface area contributed by atoms with E-state index in [4.69, 9.17) is 4.84 Å². The highest BCUT2D eigenvalue weighted by Crippen LogP contribution is 2.51. The fraction of sp³-hybridized carbons (Fsp3) is 0.217. The van der Waals surface area contributed by atoms with Crippen molar-refractivity contribution in [2.24, 2.45) is 5.92 Å². The van der Waals surface area contributed by atoms with E-state index in [0.717, 1.165) is 16.8 Å². The smallest absolute Gasteiger partial charge is 0.212 e. The van der Waals surface area contributed by atoms with E-state index in [1.165, 1.54) is 0 Å². The van der Waals surface area contributed by atoms with Crippen LogP contribution < -0.4 is 5.06 Å². The summed E-state index contributed by atoms with van der Waals surface area (Å²) in [5, 5.41) is 13.5. The zero-order chi connectivity index (χ0) is 19.6. The third-order valence-corrected chi connectivity index (χ3v) is 5.46. The number of nitro groups is 1. The van der Waals surface area contributed by atoms with Crippen LogP contribution in [0.3, 0.4) is 0 Å². The van der Waals surface area contributed by atoms with Gasteiger partial charge in [0.1, 0.15) is 5.54 Å². The molecule has 1 saturated heterocycles. The fourth-order valence-corrected chi connectivity index (χ4v) is 4.30. The van der Waals surface area contributed by atoms with E-state index in [0.29, 0.717) is 0 Å². The number of nitrogens with zero attached hydrogens (tertiary/aromatic N) is 2. The average molecular weight is 374 g/mol. The lowest BCUT2D eigenvalue weighted by Crippen LogP contribution is -2.48. The molecule has 0 radical (unpaired) electrons. The zero-order valence-corrected chi connectivity index (χ0v) is 15.6. The van der Waals surface area contributed by atoms with Crippen LogP contribution in [0.4, 0.5) is 5.69 Å². The molecular formula is C23H22N2O3. The van der Waals surface area contributed by atoms with Gasteiger partial charge in [-0.2, -0.15) is 0 Å². The second-order valence-corrected chi connectivity index (χ2v) is 7.06. The van der Waals surface area contributed by atoms with Crippen molar-refractivity contribution in [3.8, 4) is 0 Å². The number of anilines is 1. The molecule has 28 heavy (non-hydrogen) atoms. The molecule has 0 spiro atoms. The van der Waals surface area contributed by atoms with Gasteiger partial charge in [-0.25, -0.2) is 5.06 Å². The van der Waals surface area contributed by atoms with Gasteiger partial charge in [-0.15, -0.1) is 0 Å². The molecule has 0 amide bonds. The summed E-state index contributed by atoms with van der Waals surface area (Å²) in [6.45, 7) is 1.73. The van der Waals surface area contributed by atoms with Gasteiger partial charge in [-0.05, 0) is 30.2 Å². The van der Waals surface area contributed by atoms with Gasteiger partial charge in [0, 0.05) is 4.92 Å². The first-order valence-corrected chi connectivity index (χ1v) is 9.39. The summed E-state index contributed by atoms with van der Waals surface area (Å²) in [6.07, 6.45) is -0.328. The molecule has 1 fully saturated rings. The molecule has 0 saturated carbocycles. The largest absolute Gasteiger partial charge is 0.269 e. The molecule has 1 aliphatic heterocycles. The van der Waals surface area contributed by atoms with Crippen molar-refractivity contribution in [1.29, 1.82) is 0 Å². The van der Waals surface area contributed by atoms with E-state index in [-0.39, 0.29) is 23.5 Å². The molecule has 142 valence electrons. The van der Waals surface area contributed by atoms with E-state index in [1.54, 1.807) is 0 Å². The van der Waals surface area contributed by atoms with Crippen molar-refractivity contribution >= 4 is 5.69 Å². The summed E-state index contributed by atoms with van der Waals surface area (Å²) in [5.74, 6) is -0.368. The maximum absolute atomic E-state index is 11.6. The van der Waals surface area contributed by atoms with Crippen LogP contribution in [0.1, 0.15) is 18.1 Å². The summed E-state index contributed by atoms with van der Waals surface area (Å²) >= 11 is 0. The fourth-order valence-electron chi connectivity index (χ4n) is 4.30. The molecule has 3 aromatic rings. The lowest BCUT2D eigenvalue weighted by molar-refractivity contribution is -0.490. The second-order valence-electron chi connectivity index (χ2n) is 7.06. The Labute approximate surface area is 164 Å². The quantitative estimate of drug-likeness (QED) is 0.481. The number of hydrogen-bond donors (Lipinski definition) is 0. The van der Waals surface area contributed by atoms with Crippen molar-refractivity contribution in [3.05, 3.63) is 112 Å². The Hall–Kier alpha value is -3.18. The molecule has 3 aromatic carbocycles. The average Bonchev–Trinajstić information content (AvgIpc) is 3.02. The summed E-state index contributed by atoms with van der Waals surface area (Å²) < 4.78 is 0. The van der Waals surface area contributed by atoms with Gasteiger partial charge in [-0.1, -0.05) is 78.9 Å². The zero-order valence-electron chi connectivity index (χ0n) is 15.6. The lowest BCUT2D eigenvalue weighted by Gasteiger charge is -2.41. The molecule has 1 aliphatic rings. The van der Waals surface area contributed by atoms with Crippen LogP contribution in [0, 0.1) is 16.0 Å². The first-order chi connectivity index (χ1) is 13.6. The highest BCUT2D eigenvalue weighted by molar-refractivity contribution is 5.56. The van der Waals surface area contributed by atoms with E-state index < -0.39 is 5.54 Å². The first-order valence-electron chi connectivity index (χ1n) is 9.39. The van der Waals surface area contributed by atoms with Crippen LogP contribution in [0.2, 0.25) is 0 Å². The van der Waals surface area contributed by atoms with Crippen molar-refractivity contribution in [3.63, 3.8) is 0 Å². The molecule has 1 heterocycles. The molecule has 2 unspecified atom stereocenters. The minimum Gasteiger partial charge on any atom is -0.269 e. The minimum atomic E-state index is -0.809. The molecule has 5 heteroatoms. The third-order valence-electron chi connectivity index (χ3n) is 5.46. The van der Waals surface area contributed by atoms with Crippen molar-refractivity contribution in [1.82, 2.24) is 0 Å². The topological polar surface area (TPSA) is 55.6 Å². The second kappa shape index (κ2) is 7.44. The van der Waals surface area contributed by atoms with Crippen molar-refractivity contribution in [2.75, 3.05) is 11.6 Å². The molecule has 4 rings (SSSR count). The van der Waals surface area contributed by atoms with Gasteiger partial charge in [0.15, 0.2) is 0 Å². The maximum Gasteiger partial charge on any atom is 0.212 e. The molecule has 0 N–H and O–H groups in total. The minimum absolute atomic E-state index is 0.186. The predicted octanol–water partition coefficient (Wildman–Crippen LogP) is 4.66. The summed E-state index contributed by atoms with van der Waals surface area (Å²) in [4.78, 5) is 17.7. The molecule has 0 bridgehead atoms. The van der Waals surface area contributed by atoms with Gasteiger partial charge in [0.2, 0.25) is 6.54 Å². The van der Waals surface area contributed by atoms with Crippen molar-refractivity contribution < 1.29 is 9.76 Å². The summed E-state index contributed by atoms with van der Waals surface area (Å²) in [6, 6.07) is 29.7. The van der Waals surface area contributed by atoms with Gasteiger partial charge in [0.05, 0.1) is 17.7 Å². The molecule has 5 nitrogen and oxygen atoms in total. The third kappa shape index (κ3) is 2.94. The van der Waals surface area contributed by atoms with Crippen LogP contribution in [0.5, 0.6) is 0 Å². The number of hydroxylamine groups is 1. The monoisotopic (exact) mass is 374 g/mol. The maximum atomic E-state index is 11.6. The van der Waals surface area contributed by atoms with Gasteiger partial charge in [0.25, 0.3) is 0 Å². The Bertz CT molecular complexity index is 892. The van der Waals surface area contributed by atoms with E-state index in [1.807, 2.05) is 103 Å². The van der Waals surface area contributed by atoms with Crippen molar-refractivity contribution in [2.45, 2.75) is 18.6 Å². The van der Waals surface area contributed by atoms with Crippen LogP contribution >= 0.6 is 0 Å². The highest BCUT2D eigenvalue weighted by atomic mass is 16.7. The van der Waals surface area contributed by atoms with E-state index >= 15 is 0 Å². The Morgan fingerprint density at radius 1 is 0.893 bits per heavy atom. The number of para-hydroxylation sites is 1. The summed E-state index contributed by atoms with van der Waals surface area (Å²) in [5.41, 5.74) is 2.01. The summed E-state index contributed by atoms with van der Waals surface area (Å²) in [7, 11) is 0. The SMILES string of the molecule is CC1ON(c2ccccc2)C(c2ccccc2)(c2ccccc2)C1C[N+](=O)[O-]. The highest BCUT2D eigenvalue weighted by Gasteiger charge is 2.58. The Morgan fingerprint density at radius 2 is 1.36 bits per heavy atom. The Kier molecular flexibility index (Phi) is 4.84. The predicted molar refractivity (Wildman–Crippen MR) is 108 cm³/mol. The van der Waals surface area contributed by atoms with E-state index in [9.17, 15) is 10.1 Å². The molecular weight excluding hydrogens is 352 g/mol. The van der Waals surface area contributed by atoms with Gasteiger partial charge < -0.3 is 0 Å². The lowest BCUT2D eigenvalue weighted by atomic mass is 9.71. The van der Waals surface area contributed by atoms with Crippen LogP contribution in [0.25, 0.3) is 0 Å². The Morgan fingerprint density at radius 3 is 1.82 bits per heavy atom.